The van der Waals surface area contributed by atoms with E-state index in [9.17, 15) is 4.79 Å². The number of hydrogen-bond donors (Lipinski definition) is 2. The number of carbonyl (C=O) groups is 1. The number of nitrogens with zero attached hydrogens (tertiary/aromatic N) is 3. The van der Waals surface area contributed by atoms with Crippen molar-refractivity contribution in [2.24, 2.45) is 0 Å². The van der Waals surface area contributed by atoms with E-state index in [2.05, 4.69) is 15.5 Å². The highest BCUT2D eigenvalue weighted by Crippen LogP contribution is 2.11. The van der Waals surface area contributed by atoms with E-state index in [1.165, 1.54) is 11.3 Å². The first-order valence-corrected chi connectivity index (χ1v) is 5.96. The lowest BCUT2D eigenvalue weighted by molar-refractivity contribution is -0.124. The molecule has 1 amide bonds. The molecule has 0 saturated heterocycles. The van der Waals surface area contributed by atoms with Gasteiger partial charge in [-0.2, -0.15) is 0 Å². The summed E-state index contributed by atoms with van der Waals surface area (Å²) in [5, 5.41) is 11.4. The molecule has 2 aromatic rings. The molecule has 0 aliphatic carbocycles. The summed E-state index contributed by atoms with van der Waals surface area (Å²) in [6.45, 7) is 2.20. The molecule has 0 unspecified atom stereocenters. The molecule has 3 N–H and O–H groups in total. The maximum Gasteiger partial charge on any atom is 0.243 e. The number of hydrogen-bond acceptors (Lipinski definition) is 5. The van der Waals surface area contributed by atoms with Gasteiger partial charge in [0.05, 0.1) is 6.54 Å². The van der Waals surface area contributed by atoms with E-state index >= 15 is 0 Å². The van der Waals surface area contributed by atoms with Crippen LogP contribution in [0.5, 0.6) is 0 Å². The Hall–Kier alpha value is -1.89. The van der Waals surface area contributed by atoms with Gasteiger partial charge < -0.3 is 15.6 Å². The quantitative estimate of drug-likeness (QED) is 0.841. The number of anilines is 1. The molecule has 0 bridgehead atoms. The number of nitrogens with one attached hydrogen (secondary N) is 1. The highest BCUT2D eigenvalue weighted by molar-refractivity contribution is 7.15. The van der Waals surface area contributed by atoms with Crippen LogP contribution >= 0.6 is 11.3 Å². The third-order valence-corrected chi connectivity index (χ3v) is 3.10. The minimum absolute atomic E-state index is 0.0602. The Morgan fingerprint density at radius 2 is 2.24 bits per heavy atom. The summed E-state index contributed by atoms with van der Waals surface area (Å²) < 4.78 is 1.84. The van der Waals surface area contributed by atoms with Crippen LogP contribution in [0.1, 0.15) is 18.0 Å². The highest BCUT2D eigenvalue weighted by Gasteiger charge is 2.13. The fourth-order valence-electron chi connectivity index (χ4n) is 1.39. The summed E-state index contributed by atoms with van der Waals surface area (Å²) >= 11 is 1.27. The van der Waals surface area contributed by atoms with E-state index in [0.717, 1.165) is 0 Å². The molecule has 2 heterocycles. The molecule has 7 heteroatoms. The van der Waals surface area contributed by atoms with E-state index in [-0.39, 0.29) is 11.9 Å². The van der Waals surface area contributed by atoms with Gasteiger partial charge in [0.1, 0.15) is 11.0 Å². The van der Waals surface area contributed by atoms with Crippen molar-refractivity contribution in [3.05, 3.63) is 29.5 Å². The first-order chi connectivity index (χ1) is 8.16. The lowest BCUT2D eigenvalue weighted by atomic mass is 10.3. The van der Waals surface area contributed by atoms with E-state index in [1.54, 1.807) is 0 Å². The first kappa shape index (κ1) is 11.6. The molecule has 2 rings (SSSR count). The zero-order valence-corrected chi connectivity index (χ0v) is 10.1. The Kier molecular flexibility index (Phi) is 3.38. The van der Waals surface area contributed by atoms with Crippen molar-refractivity contribution in [1.82, 2.24) is 20.1 Å². The SMILES string of the molecule is C[C@@H](C(=O)NCc1nnc(N)s1)n1cccc1. The number of rotatable bonds is 4. The highest BCUT2D eigenvalue weighted by atomic mass is 32.1. The van der Waals surface area contributed by atoms with Crippen molar-refractivity contribution >= 4 is 22.4 Å². The minimum Gasteiger partial charge on any atom is -0.374 e. The summed E-state index contributed by atoms with van der Waals surface area (Å²) in [6, 6.07) is 3.53. The molecule has 0 aliphatic rings. The van der Waals surface area contributed by atoms with Crippen molar-refractivity contribution in [2.75, 3.05) is 5.73 Å². The monoisotopic (exact) mass is 251 g/mol. The Bertz CT molecular complexity index is 493. The number of amides is 1. The Labute approximate surface area is 102 Å². The summed E-state index contributed by atoms with van der Waals surface area (Å²) in [7, 11) is 0. The van der Waals surface area contributed by atoms with Gasteiger partial charge in [0.2, 0.25) is 11.0 Å². The number of carbonyl (C=O) groups excluding carboxylic acids is 1. The molecule has 0 saturated carbocycles. The van der Waals surface area contributed by atoms with Crippen LogP contribution in [0.3, 0.4) is 0 Å². The fourth-order valence-corrected chi connectivity index (χ4v) is 1.94. The molecular weight excluding hydrogens is 238 g/mol. The van der Waals surface area contributed by atoms with Crippen molar-refractivity contribution in [3.8, 4) is 0 Å². The molecule has 17 heavy (non-hydrogen) atoms. The molecule has 0 spiro atoms. The van der Waals surface area contributed by atoms with Crippen LogP contribution in [-0.2, 0) is 11.3 Å². The predicted octanol–water partition coefficient (Wildman–Crippen LogP) is 0.799. The zero-order chi connectivity index (χ0) is 12.3. The third kappa shape index (κ3) is 2.82. The normalized spacial score (nSPS) is 12.3. The lowest BCUT2D eigenvalue weighted by Crippen LogP contribution is -2.30. The van der Waals surface area contributed by atoms with E-state index in [1.807, 2.05) is 36.0 Å². The lowest BCUT2D eigenvalue weighted by Gasteiger charge is -2.12. The van der Waals surface area contributed by atoms with Gasteiger partial charge in [0.25, 0.3) is 0 Å². The Morgan fingerprint density at radius 1 is 1.53 bits per heavy atom. The second-order valence-corrected chi connectivity index (χ2v) is 4.65. The molecule has 2 aromatic heterocycles. The number of nitrogen functional groups attached to an aromatic ring is 1. The average molecular weight is 251 g/mol. The molecule has 6 nitrogen and oxygen atoms in total. The predicted molar refractivity (Wildman–Crippen MR) is 65.3 cm³/mol. The maximum atomic E-state index is 11.8. The first-order valence-electron chi connectivity index (χ1n) is 5.15. The molecular formula is C10H13N5OS. The van der Waals surface area contributed by atoms with Crippen molar-refractivity contribution in [3.63, 3.8) is 0 Å². The van der Waals surface area contributed by atoms with Crippen LogP contribution in [0.15, 0.2) is 24.5 Å². The molecule has 90 valence electrons. The second kappa shape index (κ2) is 4.96. The van der Waals surface area contributed by atoms with Crippen LogP contribution in [-0.4, -0.2) is 20.7 Å². The van der Waals surface area contributed by atoms with Gasteiger partial charge in [0.15, 0.2) is 0 Å². The van der Waals surface area contributed by atoms with Gasteiger partial charge in [0, 0.05) is 12.4 Å². The summed E-state index contributed by atoms with van der Waals surface area (Å²) in [5.41, 5.74) is 5.45. The maximum absolute atomic E-state index is 11.8. The molecule has 1 atom stereocenters. The van der Waals surface area contributed by atoms with Gasteiger partial charge in [-0.15, -0.1) is 10.2 Å². The summed E-state index contributed by atoms with van der Waals surface area (Å²) in [5.74, 6) is -0.0602. The molecule has 0 fully saturated rings. The van der Waals surface area contributed by atoms with Crippen LogP contribution in [0.4, 0.5) is 5.13 Å². The standard InChI is InChI=1S/C10H13N5OS/c1-7(15-4-2-3-5-15)9(16)12-6-8-13-14-10(11)17-8/h2-5,7H,6H2,1H3,(H2,11,14)(H,12,16)/t7-/m0/s1. The fraction of sp³-hybridized carbons (Fsp3) is 0.300. The van der Waals surface area contributed by atoms with Gasteiger partial charge >= 0.3 is 0 Å². The van der Waals surface area contributed by atoms with E-state index in [4.69, 9.17) is 5.73 Å². The summed E-state index contributed by atoms with van der Waals surface area (Å²) in [6.07, 6.45) is 3.71. The largest absolute Gasteiger partial charge is 0.374 e. The van der Waals surface area contributed by atoms with Crippen molar-refractivity contribution in [2.45, 2.75) is 19.5 Å². The molecule has 0 aliphatic heterocycles. The van der Waals surface area contributed by atoms with Crippen LogP contribution in [0.2, 0.25) is 0 Å². The number of nitrogens with two attached hydrogens (primary N) is 1. The van der Waals surface area contributed by atoms with E-state index in [0.29, 0.717) is 16.7 Å². The Balaban J connectivity index is 1.89. The molecule has 0 radical (unpaired) electrons. The number of aromatic nitrogens is 3. The molecule has 0 aromatic carbocycles. The van der Waals surface area contributed by atoms with Gasteiger partial charge in [-0.05, 0) is 19.1 Å². The third-order valence-electron chi connectivity index (χ3n) is 2.35. The second-order valence-electron chi connectivity index (χ2n) is 3.56. The van der Waals surface area contributed by atoms with Crippen molar-refractivity contribution in [1.29, 1.82) is 0 Å². The Morgan fingerprint density at radius 3 is 2.82 bits per heavy atom. The van der Waals surface area contributed by atoms with Crippen LogP contribution in [0.25, 0.3) is 0 Å². The van der Waals surface area contributed by atoms with E-state index < -0.39 is 0 Å². The smallest absolute Gasteiger partial charge is 0.243 e. The van der Waals surface area contributed by atoms with Gasteiger partial charge in [-0.25, -0.2) is 0 Å². The average Bonchev–Trinajstić information content (AvgIpc) is 2.95. The minimum atomic E-state index is -0.240. The van der Waals surface area contributed by atoms with Gasteiger partial charge in [-0.1, -0.05) is 11.3 Å². The van der Waals surface area contributed by atoms with Crippen LogP contribution < -0.4 is 11.1 Å². The topological polar surface area (TPSA) is 85.8 Å². The van der Waals surface area contributed by atoms with Crippen molar-refractivity contribution < 1.29 is 4.79 Å². The van der Waals surface area contributed by atoms with Gasteiger partial charge in [-0.3, -0.25) is 4.79 Å². The summed E-state index contributed by atoms with van der Waals surface area (Å²) in [4.78, 5) is 11.8. The van der Waals surface area contributed by atoms with Crippen LogP contribution in [0, 0.1) is 0 Å². The zero-order valence-electron chi connectivity index (χ0n) is 9.33.